The van der Waals surface area contributed by atoms with Crippen molar-refractivity contribution >= 4 is 34.7 Å². The van der Waals surface area contributed by atoms with E-state index in [2.05, 4.69) is 56.1 Å². The summed E-state index contributed by atoms with van der Waals surface area (Å²) in [5.41, 5.74) is 3.49. The highest BCUT2D eigenvalue weighted by Gasteiger charge is 2.31. The van der Waals surface area contributed by atoms with Crippen LogP contribution in [0, 0.1) is 6.92 Å². The van der Waals surface area contributed by atoms with Crippen LogP contribution >= 0.6 is 23.1 Å². The molecular formula is C32H29F3N6OS2. The highest BCUT2D eigenvalue weighted by atomic mass is 32.2. The molecule has 44 heavy (non-hydrogen) atoms. The third-order valence-electron chi connectivity index (χ3n) is 7.40. The van der Waals surface area contributed by atoms with Crippen molar-refractivity contribution in [2.45, 2.75) is 30.4 Å². The zero-order valence-corrected chi connectivity index (χ0v) is 25.5. The van der Waals surface area contributed by atoms with Crippen LogP contribution < -0.4 is 4.90 Å². The number of thiazole rings is 1. The number of hydrogen-bond acceptors (Lipinski definition) is 7. The Kier molecular flexibility index (Phi) is 8.72. The lowest BCUT2D eigenvalue weighted by Crippen LogP contribution is -2.49. The van der Waals surface area contributed by atoms with Gasteiger partial charge in [0.1, 0.15) is 16.5 Å². The summed E-state index contributed by atoms with van der Waals surface area (Å²) in [4.78, 5) is 21.4. The maximum absolute atomic E-state index is 13.2. The predicted octanol–water partition coefficient (Wildman–Crippen LogP) is 6.90. The van der Waals surface area contributed by atoms with Crippen molar-refractivity contribution in [1.82, 2.24) is 24.6 Å². The lowest BCUT2D eigenvalue weighted by atomic mass is 10.1. The molecule has 0 spiro atoms. The van der Waals surface area contributed by atoms with Gasteiger partial charge in [0.25, 0.3) is 5.91 Å². The van der Waals surface area contributed by atoms with E-state index in [4.69, 9.17) is 0 Å². The molecule has 7 nitrogen and oxygen atoms in total. The van der Waals surface area contributed by atoms with Gasteiger partial charge in [0.15, 0.2) is 5.16 Å². The minimum atomic E-state index is -4.39. The van der Waals surface area contributed by atoms with Crippen LogP contribution in [0.1, 0.15) is 38.0 Å². The fraction of sp³-hybridized carbons (Fsp3) is 0.250. The van der Waals surface area contributed by atoms with Gasteiger partial charge in [-0.05, 0) is 42.8 Å². The lowest BCUT2D eigenvalue weighted by Gasteiger charge is -2.36. The Morgan fingerprint density at radius 3 is 2.39 bits per heavy atom. The molecule has 226 valence electrons. The van der Waals surface area contributed by atoms with Crippen molar-refractivity contribution < 1.29 is 18.0 Å². The summed E-state index contributed by atoms with van der Waals surface area (Å²) in [6.45, 7) is 3.74. The monoisotopic (exact) mass is 634 g/mol. The molecule has 0 radical (unpaired) electrons. The first-order valence-electron chi connectivity index (χ1n) is 14.1. The number of carbonyl (C=O) groups excluding carboxylic acids is 1. The molecule has 1 saturated heterocycles. The molecular weight excluding hydrogens is 606 g/mol. The number of anilines is 1. The van der Waals surface area contributed by atoms with Crippen molar-refractivity contribution in [3.8, 4) is 5.69 Å². The molecule has 12 heteroatoms. The van der Waals surface area contributed by atoms with Crippen molar-refractivity contribution in [3.63, 3.8) is 0 Å². The number of halogens is 3. The van der Waals surface area contributed by atoms with Crippen LogP contribution in [0.2, 0.25) is 0 Å². The number of thioether (sulfide) groups is 1. The quantitative estimate of drug-likeness (QED) is 0.173. The van der Waals surface area contributed by atoms with Gasteiger partial charge in [0, 0.05) is 49.4 Å². The smallest absolute Gasteiger partial charge is 0.368 e. The van der Waals surface area contributed by atoms with Gasteiger partial charge < -0.3 is 9.80 Å². The van der Waals surface area contributed by atoms with E-state index in [1.54, 1.807) is 16.3 Å². The second kappa shape index (κ2) is 12.8. The molecule has 3 aromatic carbocycles. The second-order valence-corrected chi connectivity index (χ2v) is 12.4. The minimum absolute atomic E-state index is 0.172. The molecule has 2 aromatic heterocycles. The highest BCUT2D eigenvalue weighted by Crippen LogP contribution is 2.32. The number of hydrogen-bond donors (Lipinski definition) is 0. The molecule has 0 bridgehead atoms. The van der Waals surface area contributed by atoms with Crippen LogP contribution in [-0.2, 0) is 18.3 Å². The van der Waals surface area contributed by atoms with Gasteiger partial charge in [-0.25, -0.2) is 4.98 Å². The molecule has 0 unspecified atom stereocenters. The minimum Gasteiger partial charge on any atom is -0.368 e. The summed E-state index contributed by atoms with van der Waals surface area (Å²) >= 11 is 2.94. The number of alkyl halides is 3. The third kappa shape index (κ3) is 6.81. The summed E-state index contributed by atoms with van der Waals surface area (Å²) in [5, 5.41) is 12.3. The topological polar surface area (TPSA) is 67.2 Å². The van der Waals surface area contributed by atoms with Crippen molar-refractivity contribution in [2.75, 3.05) is 31.1 Å². The van der Waals surface area contributed by atoms with Crippen molar-refractivity contribution in [1.29, 1.82) is 0 Å². The summed E-state index contributed by atoms with van der Waals surface area (Å²) in [6.07, 6.45) is -3.76. The Morgan fingerprint density at radius 2 is 1.66 bits per heavy atom. The molecule has 5 aromatic rings. The van der Waals surface area contributed by atoms with E-state index >= 15 is 0 Å². The van der Waals surface area contributed by atoms with Gasteiger partial charge in [0.05, 0.1) is 11.3 Å². The van der Waals surface area contributed by atoms with Crippen LogP contribution in [-0.4, -0.2) is 56.7 Å². The largest absolute Gasteiger partial charge is 0.416 e. The van der Waals surface area contributed by atoms with Crippen LogP contribution in [0.4, 0.5) is 18.9 Å². The molecule has 1 aliphatic rings. The number of amides is 1. The van der Waals surface area contributed by atoms with Gasteiger partial charge in [-0.3, -0.25) is 9.36 Å². The van der Waals surface area contributed by atoms with E-state index in [0.717, 1.165) is 44.9 Å². The number of aromatic nitrogens is 4. The van der Waals surface area contributed by atoms with E-state index in [-0.39, 0.29) is 5.91 Å². The summed E-state index contributed by atoms with van der Waals surface area (Å²) < 4.78 is 41.5. The number of rotatable bonds is 8. The number of piperazine rings is 1. The lowest BCUT2D eigenvalue weighted by molar-refractivity contribution is -0.137. The molecule has 1 aliphatic heterocycles. The number of benzene rings is 3. The standard InChI is InChI=1S/C32H29F3N6OS2/c1-22-10-12-25(13-11-22)41-28(18-23-6-3-2-4-7-23)37-38-31(41)44-21-29-36-27(20-43-29)30(42)40-16-14-39(15-17-40)26-9-5-8-24(19-26)32(33,34)35/h2-13,19-20H,14-18,21H2,1H3. The van der Waals surface area contributed by atoms with E-state index < -0.39 is 11.7 Å². The first-order chi connectivity index (χ1) is 21.2. The van der Waals surface area contributed by atoms with Gasteiger partial charge in [-0.1, -0.05) is 65.9 Å². The van der Waals surface area contributed by atoms with Crippen molar-refractivity contribution in [3.05, 3.63) is 117 Å². The fourth-order valence-electron chi connectivity index (χ4n) is 5.05. The molecule has 1 amide bonds. The van der Waals surface area contributed by atoms with E-state index in [0.29, 0.717) is 49.7 Å². The summed E-state index contributed by atoms with van der Waals surface area (Å²) in [5.74, 6) is 1.19. The normalized spacial score (nSPS) is 13.8. The van der Waals surface area contributed by atoms with E-state index in [1.165, 1.54) is 29.2 Å². The molecule has 3 heterocycles. The maximum atomic E-state index is 13.2. The number of nitrogens with zero attached hydrogens (tertiary/aromatic N) is 6. The average Bonchev–Trinajstić information content (AvgIpc) is 3.67. The Balaban J connectivity index is 1.10. The van der Waals surface area contributed by atoms with Gasteiger partial charge >= 0.3 is 6.18 Å². The Labute approximate surface area is 261 Å². The first kappa shape index (κ1) is 29.9. The Hall–Kier alpha value is -4.16. The van der Waals surface area contributed by atoms with E-state index in [9.17, 15) is 18.0 Å². The third-order valence-corrected chi connectivity index (χ3v) is 9.37. The number of aryl methyl sites for hydroxylation is 1. The van der Waals surface area contributed by atoms with Gasteiger partial charge in [-0.2, -0.15) is 13.2 Å². The van der Waals surface area contributed by atoms with Crippen molar-refractivity contribution in [2.24, 2.45) is 0 Å². The van der Waals surface area contributed by atoms with Crippen LogP contribution in [0.5, 0.6) is 0 Å². The summed E-state index contributed by atoms with van der Waals surface area (Å²) in [6, 6.07) is 23.7. The van der Waals surface area contributed by atoms with E-state index in [1.807, 2.05) is 30.0 Å². The van der Waals surface area contributed by atoms with Gasteiger partial charge in [0.2, 0.25) is 0 Å². The SMILES string of the molecule is Cc1ccc(-n2c(Cc3ccccc3)nnc2SCc2nc(C(=O)N3CCN(c4cccc(C(F)(F)F)c4)CC3)cs2)cc1. The average molecular weight is 635 g/mol. The second-order valence-electron chi connectivity index (χ2n) is 10.5. The maximum Gasteiger partial charge on any atom is 0.416 e. The highest BCUT2D eigenvalue weighted by molar-refractivity contribution is 7.98. The van der Waals surface area contributed by atoms with Crippen LogP contribution in [0.3, 0.4) is 0 Å². The zero-order chi connectivity index (χ0) is 30.7. The molecule has 0 saturated carbocycles. The molecule has 0 atom stereocenters. The Bertz CT molecular complexity index is 1730. The van der Waals surface area contributed by atoms with Crippen LogP contribution in [0.15, 0.2) is 89.4 Å². The molecule has 0 aliphatic carbocycles. The molecule has 0 N–H and O–H groups in total. The number of carbonyl (C=O) groups is 1. The Morgan fingerprint density at radius 1 is 0.909 bits per heavy atom. The van der Waals surface area contributed by atoms with Crippen LogP contribution in [0.25, 0.3) is 5.69 Å². The predicted molar refractivity (Wildman–Crippen MR) is 167 cm³/mol. The summed E-state index contributed by atoms with van der Waals surface area (Å²) in [7, 11) is 0. The molecule has 1 fully saturated rings. The zero-order valence-electron chi connectivity index (χ0n) is 23.9. The van der Waals surface area contributed by atoms with Gasteiger partial charge in [-0.15, -0.1) is 21.5 Å². The molecule has 6 rings (SSSR count). The fourth-order valence-corrected chi connectivity index (χ4v) is 6.81. The first-order valence-corrected chi connectivity index (χ1v) is 15.9.